The van der Waals surface area contributed by atoms with Crippen LogP contribution in [0.3, 0.4) is 0 Å². The first kappa shape index (κ1) is 50.5. The van der Waals surface area contributed by atoms with E-state index in [0.717, 1.165) is 37.8 Å². The minimum absolute atomic E-state index is 0.0177. The van der Waals surface area contributed by atoms with Crippen LogP contribution in [0.25, 0.3) is 11.2 Å². The zero-order valence-corrected chi connectivity index (χ0v) is 37.8. The Hall–Kier alpha value is -4.52. The number of esters is 1. The molecule has 0 spiro atoms. The minimum atomic E-state index is -4.69. The molecule has 0 saturated carbocycles. The summed E-state index contributed by atoms with van der Waals surface area (Å²) in [4.78, 5) is 25.1. The number of imidazole rings is 1. The van der Waals surface area contributed by atoms with Crippen LogP contribution < -0.4 is 15.3 Å². The summed E-state index contributed by atoms with van der Waals surface area (Å²) in [5, 5.41) is 13.9. The molecule has 350 valence electrons. The smallest absolute Gasteiger partial charge is 0.459 e. The summed E-state index contributed by atoms with van der Waals surface area (Å²) in [6.45, 7) is 1.57. The number of ether oxygens (including phenoxy) is 2. The highest BCUT2D eigenvalue weighted by molar-refractivity contribution is 7.52. The topological polar surface area (TPSA) is 173 Å². The Morgan fingerprint density at radius 1 is 0.938 bits per heavy atom. The molecular weight excluding hydrogens is 849 g/mol. The quantitative estimate of drug-likeness (QED) is 0.0149. The predicted molar refractivity (Wildman–Crippen MR) is 239 cm³/mol. The van der Waals surface area contributed by atoms with Crippen molar-refractivity contribution in [3.8, 4) is 18.1 Å². The summed E-state index contributed by atoms with van der Waals surface area (Å²) >= 11 is 0. The Balaban J connectivity index is 1.15. The number of hydrogen-bond acceptors (Lipinski definition) is 11. The number of carbonyl (C=O) groups excluding carboxylic acids is 1. The molecule has 1 aliphatic heterocycles. The van der Waals surface area contributed by atoms with E-state index in [1.807, 2.05) is 0 Å². The van der Waals surface area contributed by atoms with Crippen molar-refractivity contribution in [3.05, 3.63) is 78.1 Å². The fourth-order valence-corrected chi connectivity index (χ4v) is 9.37. The van der Waals surface area contributed by atoms with Crippen molar-refractivity contribution in [2.75, 3.05) is 18.9 Å². The molecule has 5 atom stereocenters. The molecule has 3 heterocycles. The molecule has 2 aromatic heterocycles. The highest BCUT2D eigenvalue weighted by atomic mass is 31.2. The van der Waals surface area contributed by atoms with Gasteiger partial charge in [0.05, 0.1) is 12.9 Å². The number of aromatic nitrogens is 4. The van der Waals surface area contributed by atoms with Crippen LogP contribution in [0.15, 0.2) is 54.9 Å². The second kappa shape index (κ2) is 25.8. The van der Waals surface area contributed by atoms with E-state index < -0.39 is 62.0 Å². The largest absolute Gasteiger partial charge is 0.465 e. The fourth-order valence-electron chi connectivity index (χ4n) is 7.85. The van der Waals surface area contributed by atoms with Crippen molar-refractivity contribution in [1.82, 2.24) is 24.6 Å². The molecular formula is C47H64F3N6O7P. The number of halogens is 3. The Labute approximate surface area is 375 Å². The van der Waals surface area contributed by atoms with Crippen molar-refractivity contribution in [2.45, 2.75) is 159 Å². The van der Waals surface area contributed by atoms with Gasteiger partial charge in [-0.2, -0.15) is 19.4 Å². The van der Waals surface area contributed by atoms with Crippen LogP contribution in [0.1, 0.15) is 141 Å². The molecule has 1 saturated heterocycles. The number of unbranched alkanes of at least 4 members (excludes halogenated alkanes) is 17. The Morgan fingerprint density at radius 3 is 2.09 bits per heavy atom. The van der Waals surface area contributed by atoms with Gasteiger partial charge in [0.15, 0.2) is 22.6 Å². The van der Waals surface area contributed by atoms with Gasteiger partial charge in [-0.1, -0.05) is 140 Å². The van der Waals surface area contributed by atoms with Crippen LogP contribution in [0, 0.1) is 30.1 Å². The zero-order chi connectivity index (χ0) is 45.8. The van der Waals surface area contributed by atoms with Crippen molar-refractivity contribution in [2.24, 2.45) is 0 Å². The van der Waals surface area contributed by atoms with E-state index in [1.165, 1.54) is 106 Å². The molecule has 0 radical (unpaired) electrons. The minimum Gasteiger partial charge on any atom is -0.465 e. The number of nitrogens with one attached hydrogen (secondary N) is 1. The fraction of sp³-hybridized carbons (Fsp3) is 0.574. The summed E-state index contributed by atoms with van der Waals surface area (Å²) in [7, 11) is -4.69. The van der Waals surface area contributed by atoms with Gasteiger partial charge in [0.25, 0.3) is 0 Å². The Kier molecular flexibility index (Phi) is 20.4. The van der Waals surface area contributed by atoms with Crippen molar-refractivity contribution >= 4 is 30.7 Å². The number of benzene rings is 2. The van der Waals surface area contributed by atoms with Crippen molar-refractivity contribution in [1.29, 1.82) is 0 Å². The molecule has 4 aromatic rings. The number of hydrogen-bond donors (Lipinski definition) is 3. The molecule has 13 nitrogen and oxygen atoms in total. The maximum atomic E-state index is 14.7. The molecule has 1 aliphatic rings. The number of para-hydroxylation sites is 1. The monoisotopic (exact) mass is 912 g/mol. The van der Waals surface area contributed by atoms with Gasteiger partial charge in [-0.05, 0) is 42.7 Å². The number of carbonyl (C=O) groups is 1. The lowest BCUT2D eigenvalue weighted by atomic mass is 9.99. The first-order valence-corrected chi connectivity index (χ1v) is 24.4. The van der Waals surface area contributed by atoms with E-state index in [4.69, 9.17) is 30.7 Å². The van der Waals surface area contributed by atoms with E-state index in [0.29, 0.717) is 12.5 Å². The third kappa shape index (κ3) is 15.6. The molecule has 5 rings (SSSR count). The third-order valence-electron chi connectivity index (χ3n) is 11.4. The molecule has 0 aliphatic carbocycles. The van der Waals surface area contributed by atoms with Crippen LogP contribution >= 0.6 is 7.75 Å². The number of nitrogen functional groups attached to an aromatic ring is 1. The van der Waals surface area contributed by atoms with Gasteiger partial charge in [0.1, 0.15) is 42.4 Å². The maximum absolute atomic E-state index is 14.7. The number of rotatable bonds is 30. The van der Waals surface area contributed by atoms with Gasteiger partial charge in [-0.25, -0.2) is 18.3 Å². The normalized spacial score (nSPS) is 18.8. The van der Waals surface area contributed by atoms with Gasteiger partial charge >= 0.3 is 19.8 Å². The molecule has 0 unspecified atom stereocenters. The van der Waals surface area contributed by atoms with Crippen LogP contribution in [0.4, 0.5) is 19.0 Å². The predicted octanol–water partition coefficient (Wildman–Crippen LogP) is 10.5. The van der Waals surface area contributed by atoms with Crippen LogP contribution in [0.2, 0.25) is 0 Å². The summed E-state index contributed by atoms with van der Waals surface area (Å²) in [5.74, 6) is -0.350. The lowest BCUT2D eigenvalue weighted by molar-refractivity contribution is -0.146. The van der Waals surface area contributed by atoms with E-state index in [1.54, 1.807) is 18.2 Å². The van der Waals surface area contributed by atoms with Gasteiger partial charge in [0.2, 0.25) is 0 Å². The zero-order valence-electron chi connectivity index (χ0n) is 36.9. The Morgan fingerprint density at radius 2 is 1.52 bits per heavy atom. The summed E-state index contributed by atoms with van der Waals surface area (Å²) in [6.07, 6.45) is 24.9. The number of anilines is 1. The number of nitrogens with two attached hydrogens (primary N) is 1. The van der Waals surface area contributed by atoms with Crippen LogP contribution in [-0.4, -0.2) is 61.6 Å². The van der Waals surface area contributed by atoms with Crippen molar-refractivity contribution in [3.63, 3.8) is 0 Å². The average Bonchev–Trinajstić information content (AvgIpc) is 3.84. The first-order chi connectivity index (χ1) is 30.9. The van der Waals surface area contributed by atoms with Crippen LogP contribution in [-0.2, 0) is 29.8 Å². The molecule has 2 aromatic carbocycles. The summed E-state index contributed by atoms with van der Waals surface area (Å²) in [6, 6.07) is 9.22. The average molecular weight is 913 g/mol. The second-order valence-corrected chi connectivity index (χ2v) is 18.3. The van der Waals surface area contributed by atoms with E-state index >= 15 is 0 Å². The second-order valence-electron chi connectivity index (χ2n) is 16.6. The van der Waals surface area contributed by atoms with Crippen LogP contribution in [0.5, 0.6) is 5.75 Å². The first-order valence-electron chi connectivity index (χ1n) is 22.8. The summed E-state index contributed by atoms with van der Waals surface area (Å²) in [5.41, 5.74) is 4.01. The van der Waals surface area contributed by atoms with E-state index in [9.17, 15) is 27.6 Å². The Bertz CT molecular complexity index is 2120. The molecule has 17 heteroatoms. The highest BCUT2D eigenvalue weighted by Crippen LogP contribution is 2.48. The van der Waals surface area contributed by atoms with Gasteiger partial charge in [0, 0.05) is 12.5 Å². The number of aliphatic hydroxyl groups is 1. The maximum Gasteiger partial charge on any atom is 0.459 e. The van der Waals surface area contributed by atoms with Gasteiger partial charge < -0.3 is 24.8 Å². The summed E-state index contributed by atoms with van der Waals surface area (Å²) < 4.78 is 82.4. The SMILES string of the molecule is C#C[C@]1(CO[P@](=O)(N[C@@H](Cc2cc(F)cc(F)c2)C(=O)OCCCCCCCCCCCCCCCCCCCC)Oc2ccccc2)O[C@@H](n2cnc3c(N)nc(F)nc32)C[C@@H]1O. The number of nitrogens with zero attached hydrogens (tertiary/aromatic N) is 4. The molecule has 0 amide bonds. The number of fused-ring (bicyclic) bond motifs is 1. The van der Waals surface area contributed by atoms with Gasteiger partial charge in [-0.15, -0.1) is 6.42 Å². The van der Waals surface area contributed by atoms with Gasteiger partial charge in [-0.3, -0.25) is 13.9 Å². The molecule has 4 N–H and O–H groups in total. The number of aliphatic hydroxyl groups excluding tert-OH is 1. The third-order valence-corrected chi connectivity index (χ3v) is 13.0. The molecule has 0 bridgehead atoms. The van der Waals surface area contributed by atoms with E-state index in [2.05, 4.69) is 32.9 Å². The lowest BCUT2D eigenvalue weighted by Gasteiger charge is -2.30. The van der Waals surface area contributed by atoms with E-state index in [-0.39, 0.29) is 47.7 Å². The highest BCUT2D eigenvalue weighted by Gasteiger charge is 2.50. The van der Waals surface area contributed by atoms with Crippen molar-refractivity contribution < 1.29 is 46.2 Å². The molecule has 64 heavy (non-hydrogen) atoms. The standard InChI is InChI=1S/C47H64F3N6O7P/c1-3-5-6-7-8-9-10-11-12-13-14-15-16-17-18-19-20-24-27-60-45(58)39(30-35-28-36(48)31-37(49)29-35)55-64(59,63-38-25-22-21-23-26-38)61-33-47(4-2)40(57)32-41(62-47)56-34-52-42-43(51)53-46(50)54-44(42)56/h2,21-23,25-26,28-29,31,34,39-41,57H,3,5-20,24,27,30,32-33H2,1H3,(H,55,59)(H2,51,53,54)/t39-,40-,41+,47+,64+/m0/s1. The number of terminal acetylenes is 1. The molecule has 1 fully saturated rings. The lowest BCUT2D eigenvalue weighted by Crippen LogP contribution is -2.44.